The molecule has 0 aromatic carbocycles. The molecule has 1 fully saturated rings. The summed E-state index contributed by atoms with van der Waals surface area (Å²) in [4.78, 5) is 0. The Kier molecular flexibility index (Phi) is 5.85. The predicted molar refractivity (Wildman–Crippen MR) is 62.1 cm³/mol. The van der Waals surface area contributed by atoms with Crippen molar-refractivity contribution >= 4 is 11.3 Å². The topological polar surface area (TPSA) is 67.8 Å². The molecule has 0 spiro atoms. The minimum atomic E-state index is -1.94. The van der Waals surface area contributed by atoms with Crippen molar-refractivity contribution in [2.75, 3.05) is 13.2 Å². The van der Waals surface area contributed by atoms with Crippen LogP contribution in [0.4, 0.5) is 0 Å². The summed E-state index contributed by atoms with van der Waals surface area (Å²) in [7, 11) is 0. The molecule has 1 saturated heterocycles. The van der Waals surface area contributed by atoms with Crippen molar-refractivity contribution in [3.8, 4) is 0 Å². The van der Waals surface area contributed by atoms with Crippen molar-refractivity contribution < 1.29 is 18.2 Å². The largest absolute Gasteiger partial charge is 0.353 e. The molecule has 1 heterocycles. The van der Waals surface area contributed by atoms with Gasteiger partial charge in [-0.05, 0) is 39.5 Å². The maximum Gasteiger partial charge on any atom is 0.231 e. The van der Waals surface area contributed by atoms with Gasteiger partial charge in [-0.25, -0.2) is 8.93 Å². The van der Waals surface area contributed by atoms with Crippen molar-refractivity contribution in [2.24, 2.45) is 0 Å². The lowest BCUT2D eigenvalue weighted by Gasteiger charge is -2.32. The van der Waals surface area contributed by atoms with Gasteiger partial charge in [0.05, 0.1) is 5.60 Å². The fourth-order valence-corrected chi connectivity index (χ4v) is 1.93. The molecule has 0 amide bonds. The van der Waals surface area contributed by atoms with E-state index in [1.807, 2.05) is 13.8 Å². The highest BCUT2D eigenvalue weighted by Crippen LogP contribution is 2.22. The summed E-state index contributed by atoms with van der Waals surface area (Å²) in [5, 5.41) is 0. The van der Waals surface area contributed by atoms with Crippen LogP contribution in [0.5, 0.6) is 0 Å². The van der Waals surface area contributed by atoms with E-state index in [1.54, 1.807) is 0 Å². The lowest BCUT2D eigenvalue weighted by molar-refractivity contribution is -0.216. The molecule has 1 aliphatic heterocycles. The fourth-order valence-electron chi connectivity index (χ4n) is 1.66. The fraction of sp³-hybridized carbons (Fsp3) is 1.00. The molecule has 5 nitrogen and oxygen atoms in total. The van der Waals surface area contributed by atoms with Crippen LogP contribution < -0.4 is 4.72 Å². The summed E-state index contributed by atoms with van der Waals surface area (Å²) in [6.45, 7) is 5.14. The van der Waals surface area contributed by atoms with Gasteiger partial charge in [-0.1, -0.05) is 0 Å². The Labute approximate surface area is 99.3 Å². The van der Waals surface area contributed by atoms with E-state index >= 15 is 0 Å². The molecule has 0 aromatic rings. The van der Waals surface area contributed by atoms with Crippen molar-refractivity contribution in [1.29, 1.82) is 0 Å². The highest BCUT2D eigenvalue weighted by atomic mass is 32.2. The lowest BCUT2D eigenvalue weighted by atomic mass is 10.1. The van der Waals surface area contributed by atoms with Gasteiger partial charge in [-0.2, -0.15) is 0 Å². The first kappa shape index (κ1) is 14.1. The smallest absolute Gasteiger partial charge is 0.231 e. The SMILES string of the molecule is CC(C)(CCNS(=O)O)OC1CCCCO1. The Morgan fingerprint density at radius 3 is 2.88 bits per heavy atom. The zero-order valence-electron chi connectivity index (χ0n) is 9.90. The van der Waals surface area contributed by atoms with Crippen LogP contribution in [0.1, 0.15) is 39.5 Å². The van der Waals surface area contributed by atoms with Gasteiger partial charge in [0.2, 0.25) is 11.3 Å². The second-order valence-electron chi connectivity index (χ2n) is 4.57. The summed E-state index contributed by atoms with van der Waals surface area (Å²) >= 11 is -1.94. The Bertz CT molecular complexity index is 229. The van der Waals surface area contributed by atoms with Crippen LogP contribution in [0.15, 0.2) is 0 Å². The van der Waals surface area contributed by atoms with E-state index in [0.29, 0.717) is 13.0 Å². The maximum atomic E-state index is 10.4. The highest BCUT2D eigenvalue weighted by molar-refractivity contribution is 7.77. The number of ether oxygens (including phenoxy) is 2. The first-order valence-corrected chi connectivity index (χ1v) is 6.74. The normalized spacial score (nSPS) is 24.3. The van der Waals surface area contributed by atoms with Crippen LogP contribution >= 0.6 is 0 Å². The first-order valence-electron chi connectivity index (χ1n) is 5.63. The summed E-state index contributed by atoms with van der Waals surface area (Å²) < 4.78 is 32.7. The molecule has 6 heteroatoms. The Hall–Kier alpha value is -0.0100. The highest BCUT2D eigenvalue weighted by Gasteiger charge is 2.25. The average molecular weight is 251 g/mol. The standard InChI is InChI=1S/C10H21NO4S/c1-10(2,6-7-11-16(12)13)15-9-5-3-4-8-14-9/h9,11H,3-8H2,1-2H3,(H,12,13). The van der Waals surface area contributed by atoms with Crippen LogP contribution in [0.3, 0.4) is 0 Å². The molecule has 16 heavy (non-hydrogen) atoms. The molecule has 0 bridgehead atoms. The van der Waals surface area contributed by atoms with Crippen molar-refractivity contribution in [1.82, 2.24) is 4.72 Å². The van der Waals surface area contributed by atoms with E-state index in [2.05, 4.69) is 4.72 Å². The summed E-state index contributed by atoms with van der Waals surface area (Å²) in [5.41, 5.74) is -0.339. The third kappa shape index (κ3) is 5.91. The quantitative estimate of drug-likeness (QED) is 0.701. The molecule has 0 aliphatic carbocycles. The van der Waals surface area contributed by atoms with E-state index < -0.39 is 11.3 Å². The molecule has 2 unspecified atom stereocenters. The molecule has 1 aliphatic rings. The maximum absolute atomic E-state index is 10.4. The van der Waals surface area contributed by atoms with Crippen LogP contribution in [-0.2, 0) is 20.7 Å². The summed E-state index contributed by atoms with van der Waals surface area (Å²) in [6.07, 6.45) is 3.72. The predicted octanol–water partition coefficient (Wildman–Crippen LogP) is 1.42. The second-order valence-corrected chi connectivity index (χ2v) is 5.35. The Balaban J connectivity index is 2.23. The van der Waals surface area contributed by atoms with Crippen molar-refractivity contribution in [3.05, 3.63) is 0 Å². The van der Waals surface area contributed by atoms with Gasteiger partial charge in [-0.3, -0.25) is 4.55 Å². The van der Waals surface area contributed by atoms with Gasteiger partial charge < -0.3 is 9.47 Å². The van der Waals surface area contributed by atoms with Gasteiger partial charge in [0.15, 0.2) is 6.29 Å². The van der Waals surface area contributed by atoms with Gasteiger partial charge in [0.25, 0.3) is 0 Å². The van der Waals surface area contributed by atoms with Gasteiger partial charge in [-0.15, -0.1) is 0 Å². The minimum absolute atomic E-state index is 0.122. The van der Waals surface area contributed by atoms with Gasteiger partial charge >= 0.3 is 0 Å². The molecule has 0 radical (unpaired) electrons. The van der Waals surface area contributed by atoms with E-state index in [1.165, 1.54) is 0 Å². The number of nitrogens with one attached hydrogen (secondary N) is 1. The van der Waals surface area contributed by atoms with E-state index in [-0.39, 0.29) is 11.9 Å². The van der Waals surface area contributed by atoms with Gasteiger partial charge in [0, 0.05) is 13.2 Å². The molecular weight excluding hydrogens is 230 g/mol. The average Bonchev–Trinajstić information content (AvgIpc) is 2.17. The zero-order valence-corrected chi connectivity index (χ0v) is 10.7. The van der Waals surface area contributed by atoms with Crippen LogP contribution in [-0.4, -0.2) is 33.8 Å². The van der Waals surface area contributed by atoms with Crippen molar-refractivity contribution in [2.45, 2.75) is 51.4 Å². The third-order valence-electron chi connectivity index (χ3n) is 2.54. The molecule has 2 N–H and O–H groups in total. The Morgan fingerprint density at radius 1 is 1.56 bits per heavy atom. The summed E-state index contributed by atoms with van der Waals surface area (Å²) in [6, 6.07) is 0. The zero-order chi connectivity index (χ0) is 12.0. The van der Waals surface area contributed by atoms with Crippen LogP contribution in [0.25, 0.3) is 0 Å². The lowest BCUT2D eigenvalue weighted by Crippen LogP contribution is -2.36. The van der Waals surface area contributed by atoms with E-state index in [9.17, 15) is 4.21 Å². The van der Waals surface area contributed by atoms with Crippen molar-refractivity contribution in [3.63, 3.8) is 0 Å². The monoisotopic (exact) mass is 251 g/mol. The first-order chi connectivity index (χ1) is 7.49. The van der Waals surface area contributed by atoms with E-state index in [0.717, 1.165) is 25.9 Å². The number of hydrogen-bond donors (Lipinski definition) is 2. The van der Waals surface area contributed by atoms with E-state index in [4.69, 9.17) is 14.0 Å². The minimum Gasteiger partial charge on any atom is -0.353 e. The van der Waals surface area contributed by atoms with Crippen LogP contribution in [0, 0.1) is 0 Å². The molecule has 0 saturated carbocycles. The molecule has 96 valence electrons. The molecule has 1 rings (SSSR count). The second kappa shape index (κ2) is 6.66. The van der Waals surface area contributed by atoms with Gasteiger partial charge in [0.1, 0.15) is 0 Å². The number of hydrogen-bond acceptors (Lipinski definition) is 3. The molecular formula is C10H21NO4S. The molecule has 2 atom stereocenters. The number of rotatable bonds is 6. The Morgan fingerprint density at radius 2 is 2.31 bits per heavy atom. The third-order valence-corrected chi connectivity index (χ3v) is 2.99. The summed E-state index contributed by atoms with van der Waals surface area (Å²) in [5.74, 6) is 0. The molecule has 0 aromatic heterocycles. The van der Waals surface area contributed by atoms with Crippen LogP contribution in [0.2, 0.25) is 0 Å².